The molecule has 0 bridgehead atoms. The summed E-state index contributed by atoms with van der Waals surface area (Å²) in [5.74, 6) is 0.151. The van der Waals surface area contributed by atoms with Gasteiger partial charge in [-0.15, -0.1) is 10.2 Å². The van der Waals surface area contributed by atoms with Gasteiger partial charge in [-0.2, -0.15) is 0 Å². The number of benzene rings is 1. The van der Waals surface area contributed by atoms with E-state index in [4.69, 9.17) is 0 Å². The van der Waals surface area contributed by atoms with Crippen LogP contribution in [0.4, 0.5) is 0 Å². The molecule has 2 aromatic rings. The molecule has 1 atom stereocenters. The Balaban J connectivity index is 1.61. The van der Waals surface area contributed by atoms with E-state index < -0.39 is 9.84 Å². The van der Waals surface area contributed by atoms with E-state index in [1.54, 1.807) is 6.33 Å². The van der Waals surface area contributed by atoms with Gasteiger partial charge in [-0.3, -0.25) is 9.36 Å². The Morgan fingerprint density at radius 3 is 2.92 bits per heavy atom. The SMILES string of the molecule is Cc1ccccc1-n1cnnc1SCC(=O)NC1CCS(=O)(=O)C1. The van der Waals surface area contributed by atoms with Crippen LogP contribution in [0.25, 0.3) is 5.69 Å². The van der Waals surface area contributed by atoms with Gasteiger partial charge >= 0.3 is 0 Å². The zero-order valence-electron chi connectivity index (χ0n) is 13.2. The molecule has 9 heteroatoms. The molecule has 24 heavy (non-hydrogen) atoms. The standard InChI is InChI=1S/C15H18N4O3S2/c1-11-4-2-3-5-13(11)19-10-16-18-15(19)23-8-14(20)17-12-6-7-24(21,22)9-12/h2-5,10,12H,6-9H2,1H3,(H,17,20). The minimum absolute atomic E-state index is 0.0306. The van der Waals surface area contributed by atoms with Crippen molar-refractivity contribution in [3.05, 3.63) is 36.2 Å². The van der Waals surface area contributed by atoms with Gasteiger partial charge in [0.2, 0.25) is 5.91 Å². The smallest absolute Gasteiger partial charge is 0.230 e. The van der Waals surface area contributed by atoms with Crippen molar-refractivity contribution in [1.29, 1.82) is 0 Å². The summed E-state index contributed by atoms with van der Waals surface area (Å²) in [6.07, 6.45) is 2.10. The van der Waals surface area contributed by atoms with Crippen LogP contribution in [-0.2, 0) is 14.6 Å². The summed E-state index contributed by atoms with van der Waals surface area (Å²) in [5.41, 5.74) is 2.05. The number of thioether (sulfide) groups is 1. The highest BCUT2D eigenvalue weighted by atomic mass is 32.2. The van der Waals surface area contributed by atoms with E-state index in [1.807, 2.05) is 35.8 Å². The van der Waals surface area contributed by atoms with Crippen LogP contribution in [0.3, 0.4) is 0 Å². The van der Waals surface area contributed by atoms with Crippen molar-refractivity contribution in [3.63, 3.8) is 0 Å². The molecular formula is C15H18N4O3S2. The largest absolute Gasteiger partial charge is 0.352 e. The first-order valence-electron chi connectivity index (χ1n) is 7.53. The molecule has 1 aliphatic rings. The molecule has 3 rings (SSSR count). The Morgan fingerprint density at radius 1 is 1.42 bits per heavy atom. The summed E-state index contributed by atoms with van der Waals surface area (Å²) in [4.78, 5) is 12.0. The van der Waals surface area contributed by atoms with Crippen LogP contribution in [-0.4, -0.2) is 52.4 Å². The summed E-state index contributed by atoms with van der Waals surface area (Å²) in [6, 6.07) is 7.57. The fourth-order valence-corrected chi connectivity index (χ4v) is 5.04. The molecule has 1 N–H and O–H groups in total. The van der Waals surface area contributed by atoms with Crippen LogP contribution in [0.2, 0.25) is 0 Å². The molecule has 0 aliphatic carbocycles. The van der Waals surface area contributed by atoms with Crippen molar-refractivity contribution < 1.29 is 13.2 Å². The number of aromatic nitrogens is 3. The molecule has 1 aromatic carbocycles. The third-order valence-electron chi connectivity index (χ3n) is 3.82. The zero-order chi connectivity index (χ0) is 17.2. The average molecular weight is 366 g/mol. The predicted octanol–water partition coefficient (Wildman–Crippen LogP) is 0.971. The zero-order valence-corrected chi connectivity index (χ0v) is 14.8. The molecular weight excluding hydrogens is 348 g/mol. The van der Waals surface area contributed by atoms with Crippen molar-refractivity contribution >= 4 is 27.5 Å². The highest BCUT2D eigenvalue weighted by molar-refractivity contribution is 7.99. The number of nitrogens with zero attached hydrogens (tertiary/aromatic N) is 3. The van der Waals surface area contributed by atoms with Gasteiger partial charge in [-0.1, -0.05) is 30.0 Å². The summed E-state index contributed by atoms with van der Waals surface area (Å²) in [6.45, 7) is 2.00. The van der Waals surface area contributed by atoms with Crippen LogP contribution in [0, 0.1) is 6.92 Å². The molecule has 0 spiro atoms. The monoisotopic (exact) mass is 366 g/mol. The molecule has 1 aliphatic heterocycles. The number of sulfone groups is 1. The quantitative estimate of drug-likeness (QED) is 0.793. The molecule has 1 saturated heterocycles. The first-order chi connectivity index (χ1) is 11.4. The van der Waals surface area contributed by atoms with Crippen LogP contribution in [0.5, 0.6) is 0 Å². The van der Waals surface area contributed by atoms with Gasteiger partial charge in [0.1, 0.15) is 6.33 Å². The molecule has 1 amide bonds. The van der Waals surface area contributed by atoms with Crippen LogP contribution >= 0.6 is 11.8 Å². The lowest BCUT2D eigenvalue weighted by Gasteiger charge is -2.11. The number of nitrogens with one attached hydrogen (secondary N) is 1. The van der Waals surface area contributed by atoms with Gasteiger partial charge < -0.3 is 5.32 Å². The lowest BCUT2D eigenvalue weighted by atomic mass is 10.2. The maximum atomic E-state index is 12.0. The maximum Gasteiger partial charge on any atom is 0.230 e. The van der Waals surface area contributed by atoms with Crippen LogP contribution in [0.15, 0.2) is 35.7 Å². The predicted molar refractivity (Wildman–Crippen MR) is 92.0 cm³/mol. The van der Waals surface area contributed by atoms with E-state index in [0.29, 0.717) is 11.6 Å². The van der Waals surface area contributed by atoms with Gasteiger partial charge in [0.25, 0.3) is 0 Å². The fourth-order valence-electron chi connectivity index (χ4n) is 2.63. The number of carbonyl (C=O) groups excluding carboxylic acids is 1. The van der Waals surface area contributed by atoms with Crippen molar-refractivity contribution in [1.82, 2.24) is 20.1 Å². The van der Waals surface area contributed by atoms with E-state index in [0.717, 1.165) is 11.3 Å². The van der Waals surface area contributed by atoms with Gasteiger partial charge in [0.15, 0.2) is 15.0 Å². The normalized spacial score (nSPS) is 19.3. The number of carbonyl (C=O) groups is 1. The number of aryl methyl sites for hydroxylation is 1. The second-order valence-corrected chi connectivity index (χ2v) is 8.90. The molecule has 128 valence electrons. The Morgan fingerprint density at radius 2 is 2.21 bits per heavy atom. The van der Waals surface area contributed by atoms with E-state index in [-0.39, 0.29) is 29.2 Å². The minimum Gasteiger partial charge on any atom is -0.352 e. The number of amides is 1. The van der Waals surface area contributed by atoms with Gasteiger partial charge in [0, 0.05) is 6.04 Å². The summed E-state index contributed by atoms with van der Waals surface area (Å²) in [5, 5.41) is 11.4. The molecule has 1 aromatic heterocycles. The number of rotatable bonds is 5. The highest BCUT2D eigenvalue weighted by Gasteiger charge is 2.28. The minimum atomic E-state index is -2.99. The van der Waals surface area contributed by atoms with Crippen LogP contribution < -0.4 is 5.32 Å². The molecule has 1 fully saturated rings. The maximum absolute atomic E-state index is 12.0. The fraction of sp³-hybridized carbons (Fsp3) is 0.400. The van der Waals surface area contributed by atoms with E-state index in [1.165, 1.54) is 11.8 Å². The van der Waals surface area contributed by atoms with Crippen molar-refractivity contribution in [2.24, 2.45) is 0 Å². The van der Waals surface area contributed by atoms with Crippen LogP contribution in [0.1, 0.15) is 12.0 Å². The number of hydrogen-bond acceptors (Lipinski definition) is 6. The molecule has 0 saturated carbocycles. The van der Waals surface area contributed by atoms with Gasteiger partial charge in [0.05, 0.1) is 22.9 Å². The second-order valence-electron chi connectivity index (χ2n) is 5.73. The van der Waals surface area contributed by atoms with E-state index in [9.17, 15) is 13.2 Å². The molecule has 2 heterocycles. The van der Waals surface area contributed by atoms with Gasteiger partial charge in [-0.05, 0) is 25.0 Å². The Hall–Kier alpha value is -1.87. The first kappa shape index (κ1) is 17.0. The molecule has 1 unspecified atom stereocenters. The Bertz CT molecular complexity index is 848. The second kappa shape index (κ2) is 6.94. The molecule has 0 radical (unpaired) electrons. The van der Waals surface area contributed by atoms with Crippen molar-refractivity contribution in [2.75, 3.05) is 17.3 Å². The third-order valence-corrected chi connectivity index (χ3v) is 6.53. The third kappa shape index (κ3) is 3.96. The number of para-hydroxylation sites is 1. The number of hydrogen-bond donors (Lipinski definition) is 1. The average Bonchev–Trinajstić information content (AvgIpc) is 3.12. The Labute approximate surface area is 144 Å². The van der Waals surface area contributed by atoms with E-state index >= 15 is 0 Å². The topological polar surface area (TPSA) is 93.9 Å². The highest BCUT2D eigenvalue weighted by Crippen LogP contribution is 2.21. The first-order valence-corrected chi connectivity index (χ1v) is 10.3. The van der Waals surface area contributed by atoms with Crippen molar-refractivity contribution in [2.45, 2.75) is 24.5 Å². The lowest BCUT2D eigenvalue weighted by Crippen LogP contribution is -2.36. The summed E-state index contributed by atoms with van der Waals surface area (Å²) >= 11 is 1.28. The van der Waals surface area contributed by atoms with Crippen molar-refractivity contribution in [3.8, 4) is 5.69 Å². The summed E-state index contributed by atoms with van der Waals surface area (Å²) < 4.78 is 24.7. The van der Waals surface area contributed by atoms with E-state index in [2.05, 4.69) is 15.5 Å². The molecule has 7 nitrogen and oxygen atoms in total. The Kier molecular flexibility index (Phi) is 4.91. The summed E-state index contributed by atoms with van der Waals surface area (Å²) in [7, 11) is -2.99. The lowest BCUT2D eigenvalue weighted by molar-refractivity contribution is -0.119. The van der Waals surface area contributed by atoms with Gasteiger partial charge in [-0.25, -0.2) is 8.42 Å².